The summed E-state index contributed by atoms with van der Waals surface area (Å²) in [7, 11) is 1.26. The number of hydrogen-bond acceptors (Lipinski definition) is 6. The van der Waals surface area contributed by atoms with E-state index in [-0.39, 0.29) is 11.2 Å². The number of methoxy groups -OCH3 is 1. The van der Waals surface area contributed by atoms with Crippen LogP contribution in [0.2, 0.25) is 0 Å². The number of rotatable bonds is 5. The lowest BCUT2D eigenvalue weighted by molar-refractivity contribution is 0.119. The van der Waals surface area contributed by atoms with Crippen LogP contribution < -0.4 is 4.74 Å². The topological polar surface area (TPSA) is 54.6 Å². The molecule has 0 spiro atoms. The number of halogens is 2. The Balaban J connectivity index is 1.53. The molecular formula is C19H26F2N4O2. The summed E-state index contributed by atoms with van der Waals surface area (Å²) < 4.78 is 37.7. The Morgan fingerprint density at radius 1 is 1.04 bits per heavy atom. The molecule has 1 aromatic heterocycles. The standard InChI is InChI=1S/C19H26F2N4O2/c1-19(2,3)18-22-16(23-27-18)12-25-7-5-24(6-8-25)11-13-9-14(20)17(26-4)15(21)10-13/h9-10H,5-8,11-12H2,1-4H3. The number of piperazine rings is 1. The quantitative estimate of drug-likeness (QED) is 0.795. The van der Waals surface area contributed by atoms with Crippen molar-refractivity contribution in [3.63, 3.8) is 0 Å². The van der Waals surface area contributed by atoms with E-state index >= 15 is 0 Å². The molecule has 27 heavy (non-hydrogen) atoms. The van der Waals surface area contributed by atoms with Gasteiger partial charge >= 0.3 is 0 Å². The van der Waals surface area contributed by atoms with Crippen LogP contribution in [0.3, 0.4) is 0 Å². The highest BCUT2D eigenvalue weighted by molar-refractivity contribution is 5.31. The minimum absolute atomic E-state index is 0.160. The van der Waals surface area contributed by atoms with Crippen molar-refractivity contribution in [2.45, 2.75) is 39.3 Å². The maximum atomic E-state index is 13.8. The molecular weight excluding hydrogens is 354 g/mol. The summed E-state index contributed by atoms with van der Waals surface area (Å²) in [4.78, 5) is 8.90. The monoisotopic (exact) mass is 380 g/mol. The highest BCUT2D eigenvalue weighted by Gasteiger charge is 2.24. The van der Waals surface area contributed by atoms with E-state index in [1.165, 1.54) is 19.2 Å². The fourth-order valence-corrected chi connectivity index (χ4v) is 3.09. The molecule has 0 aliphatic carbocycles. The average Bonchev–Trinajstić information content (AvgIpc) is 3.05. The second kappa shape index (κ2) is 7.90. The Kier molecular flexibility index (Phi) is 5.76. The summed E-state index contributed by atoms with van der Waals surface area (Å²) in [6.07, 6.45) is 0. The molecule has 0 unspecified atom stereocenters. The van der Waals surface area contributed by atoms with E-state index in [1.807, 2.05) is 20.8 Å². The summed E-state index contributed by atoms with van der Waals surface area (Å²) in [5, 5.41) is 4.06. The summed E-state index contributed by atoms with van der Waals surface area (Å²) in [6.45, 7) is 10.5. The summed E-state index contributed by atoms with van der Waals surface area (Å²) in [5.74, 6) is -0.346. The van der Waals surface area contributed by atoms with Crippen LogP contribution >= 0.6 is 0 Å². The van der Waals surface area contributed by atoms with Gasteiger partial charge in [0.1, 0.15) is 0 Å². The second-order valence-electron chi connectivity index (χ2n) is 7.91. The van der Waals surface area contributed by atoms with Gasteiger partial charge in [-0.05, 0) is 17.7 Å². The van der Waals surface area contributed by atoms with Crippen LogP contribution in [0.5, 0.6) is 5.75 Å². The highest BCUT2D eigenvalue weighted by Crippen LogP contribution is 2.24. The highest BCUT2D eigenvalue weighted by atomic mass is 19.1. The lowest BCUT2D eigenvalue weighted by Gasteiger charge is -2.34. The fourth-order valence-electron chi connectivity index (χ4n) is 3.09. The molecule has 0 atom stereocenters. The Hall–Kier alpha value is -2.06. The molecule has 1 aliphatic heterocycles. The third kappa shape index (κ3) is 4.81. The van der Waals surface area contributed by atoms with Gasteiger partial charge in [0.2, 0.25) is 5.89 Å². The van der Waals surface area contributed by atoms with Crippen LogP contribution in [0.15, 0.2) is 16.7 Å². The van der Waals surface area contributed by atoms with Gasteiger partial charge in [0.05, 0.1) is 13.7 Å². The van der Waals surface area contributed by atoms with Crippen LogP contribution in [-0.4, -0.2) is 53.2 Å². The first-order chi connectivity index (χ1) is 12.8. The summed E-state index contributed by atoms with van der Waals surface area (Å²) in [5.41, 5.74) is 0.444. The molecule has 1 saturated heterocycles. The van der Waals surface area contributed by atoms with Crippen molar-refractivity contribution in [3.8, 4) is 5.75 Å². The minimum atomic E-state index is -0.669. The van der Waals surface area contributed by atoms with Gasteiger partial charge in [-0.15, -0.1) is 0 Å². The normalized spacial score (nSPS) is 16.7. The Morgan fingerprint density at radius 3 is 2.07 bits per heavy atom. The van der Waals surface area contributed by atoms with Crippen LogP contribution in [0.4, 0.5) is 8.78 Å². The first-order valence-corrected chi connectivity index (χ1v) is 9.06. The number of hydrogen-bond donors (Lipinski definition) is 0. The van der Waals surface area contributed by atoms with Crippen LogP contribution in [0.1, 0.15) is 38.0 Å². The van der Waals surface area contributed by atoms with E-state index in [2.05, 4.69) is 19.9 Å². The van der Waals surface area contributed by atoms with Crippen LogP contribution in [0.25, 0.3) is 0 Å². The lowest BCUT2D eigenvalue weighted by atomic mass is 9.97. The Labute approximate surface area is 158 Å². The number of aromatic nitrogens is 2. The number of nitrogens with zero attached hydrogens (tertiary/aromatic N) is 4. The maximum Gasteiger partial charge on any atom is 0.232 e. The maximum absolute atomic E-state index is 13.8. The molecule has 1 aliphatic rings. The van der Waals surface area contributed by atoms with Crippen molar-refractivity contribution < 1.29 is 18.0 Å². The largest absolute Gasteiger partial charge is 0.491 e. The molecule has 0 bridgehead atoms. The van der Waals surface area contributed by atoms with E-state index in [9.17, 15) is 8.78 Å². The van der Waals surface area contributed by atoms with E-state index in [0.29, 0.717) is 30.4 Å². The molecule has 1 aromatic carbocycles. The van der Waals surface area contributed by atoms with Gasteiger partial charge < -0.3 is 9.26 Å². The first-order valence-electron chi connectivity index (χ1n) is 9.06. The van der Waals surface area contributed by atoms with Crippen molar-refractivity contribution >= 4 is 0 Å². The van der Waals surface area contributed by atoms with E-state index < -0.39 is 11.6 Å². The van der Waals surface area contributed by atoms with Gasteiger partial charge in [-0.1, -0.05) is 25.9 Å². The summed E-state index contributed by atoms with van der Waals surface area (Å²) >= 11 is 0. The van der Waals surface area contributed by atoms with Crippen molar-refractivity contribution in [1.82, 2.24) is 19.9 Å². The first kappa shape index (κ1) is 19.7. The van der Waals surface area contributed by atoms with Crippen molar-refractivity contribution in [3.05, 3.63) is 41.0 Å². The third-order valence-corrected chi connectivity index (χ3v) is 4.61. The van der Waals surface area contributed by atoms with Crippen LogP contribution in [0, 0.1) is 11.6 Å². The van der Waals surface area contributed by atoms with E-state index in [4.69, 9.17) is 9.26 Å². The zero-order valence-corrected chi connectivity index (χ0v) is 16.3. The lowest BCUT2D eigenvalue weighted by Crippen LogP contribution is -2.45. The molecule has 3 rings (SSSR count). The number of benzene rings is 1. The van der Waals surface area contributed by atoms with E-state index in [1.54, 1.807) is 0 Å². The molecule has 0 N–H and O–H groups in total. The predicted octanol–water partition coefficient (Wildman–Crippen LogP) is 2.97. The molecule has 2 heterocycles. The molecule has 0 amide bonds. The average molecular weight is 380 g/mol. The van der Waals surface area contributed by atoms with Gasteiger partial charge in [-0.2, -0.15) is 4.98 Å². The van der Waals surface area contributed by atoms with Gasteiger partial charge in [0.25, 0.3) is 0 Å². The van der Waals surface area contributed by atoms with Crippen molar-refractivity contribution in [2.75, 3.05) is 33.3 Å². The molecule has 0 saturated carbocycles. The Morgan fingerprint density at radius 2 is 1.59 bits per heavy atom. The second-order valence-corrected chi connectivity index (χ2v) is 7.91. The molecule has 1 fully saturated rings. The molecule has 8 heteroatoms. The SMILES string of the molecule is COc1c(F)cc(CN2CCN(Cc3noc(C(C)(C)C)n3)CC2)cc1F. The fraction of sp³-hybridized carbons (Fsp3) is 0.579. The minimum Gasteiger partial charge on any atom is -0.491 e. The predicted molar refractivity (Wildman–Crippen MR) is 96.5 cm³/mol. The molecule has 148 valence electrons. The van der Waals surface area contributed by atoms with Gasteiger partial charge in [-0.3, -0.25) is 9.80 Å². The molecule has 2 aromatic rings. The summed E-state index contributed by atoms with van der Waals surface area (Å²) in [6, 6.07) is 2.67. The van der Waals surface area contributed by atoms with Crippen molar-refractivity contribution in [1.29, 1.82) is 0 Å². The van der Waals surface area contributed by atoms with Gasteiger partial charge in [0, 0.05) is 38.1 Å². The zero-order chi connectivity index (χ0) is 19.6. The smallest absolute Gasteiger partial charge is 0.232 e. The zero-order valence-electron chi connectivity index (χ0n) is 16.3. The third-order valence-electron chi connectivity index (χ3n) is 4.61. The van der Waals surface area contributed by atoms with Gasteiger partial charge in [-0.25, -0.2) is 8.78 Å². The van der Waals surface area contributed by atoms with E-state index in [0.717, 1.165) is 26.2 Å². The number of ether oxygens (including phenoxy) is 1. The molecule has 6 nitrogen and oxygen atoms in total. The van der Waals surface area contributed by atoms with Crippen molar-refractivity contribution in [2.24, 2.45) is 0 Å². The van der Waals surface area contributed by atoms with Crippen LogP contribution in [-0.2, 0) is 18.5 Å². The molecule has 0 radical (unpaired) electrons. The Bertz CT molecular complexity index is 757. The van der Waals surface area contributed by atoms with Gasteiger partial charge in [0.15, 0.2) is 23.2 Å².